The lowest BCUT2D eigenvalue weighted by Crippen LogP contribution is -2.30. The van der Waals surface area contributed by atoms with Crippen LogP contribution >= 0.6 is 8.58 Å². The van der Waals surface area contributed by atoms with E-state index in [1.54, 1.807) is 16.4 Å². The molecule has 0 spiro atoms. The number of hydrogen-bond acceptors (Lipinski definition) is 0. The molecule has 33 heavy (non-hydrogen) atoms. The Bertz CT molecular complexity index is 883. The first-order valence-electron chi connectivity index (χ1n) is 13.8. The SMILES string of the molecule is CC1CCC(C(C)C)C(c2ccc(Pc3ccccc3)c(C3CC(C)CCC3C(C)C)c2)C1. The fourth-order valence-corrected chi connectivity index (χ4v) is 8.29. The molecule has 4 rings (SSSR count). The first-order valence-corrected chi connectivity index (χ1v) is 14.8. The standard InChI is InChI=1S/C32H47P/c1-21(2)27-15-12-23(5)18-29(27)25-14-17-32(33-26-10-8-7-9-11-26)31(20-25)30-19-24(6)13-16-28(30)22(3)4/h7-11,14,17,20-24,27-30,33H,12-13,15-16,18-19H2,1-6H3. The highest BCUT2D eigenvalue weighted by molar-refractivity contribution is 7.55. The van der Waals surface area contributed by atoms with Crippen molar-refractivity contribution in [1.82, 2.24) is 0 Å². The second-order valence-corrected chi connectivity index (χ2v) is 13.6. The van der Waals surface area contributed by atoms with Crippen molar-refractivity contribution in [2.24, 2.45) is 35.5 Å². The summed E-state index contributed by atoms with van der Waals surface area (Å²) in [7, 11) is 0.765. The molecule has 0 aliphatic heterocycles. The van der Waals surface area contributed by atoms with Gasteiger partial charge in [0.25, 0.3) is 0 Å². The Hall–Kier alpha value is -1.13. The maximum absolute atomic E-state index is 2.72. The molecule has 2 aromatic carbocycles. The van der Waals surface area contributed by atoms with E-state index in [0.29, 0.717) is 0 Å². The van der Waals surface area contributed by atoms with E-state index in [-0.39, 0.29) is 0 Å². The third kappa shape index (κ3) is 5.93. The molecule has 7 atom stereocenters. The van der Waals surface area contributed by atoms with Gasteiger partial charge in [-0.2, -0.15) is 0 Å². The van der Waals surface area contributed by atoms with Gasteiger partial charge in [0.1, 0.15) is 0 Å². The van der Waals surface area contributed by atoms with Crippen molar-refractivity contribution in [3.63, 3.8) is 0 Å². The van der Waals surface area contributed by atoms with Crippen LogP contribution < -0.4 is 10.6 Å². The van der Waals surface area contributed by atoms with Crippen LogP contribution in [0.3, 0.4) is 0 Å². The maximum atomic E-state index is 2.72. The van der Waals surface area contributed by atoms with Gasteiger partial charge >= 0.3 is 0 Å². The monoisotopic (exact) mass is 462 g/mol. The van der Waals surface area contributed by atoms with Gasteiger partial charge < -0.3 is 0 Å². The van der Waals surface area contributed by atoms with Crippen LogP contribution in [0.2, 0.25) is 0 Å². The largest absolute Gasteiger partial charge is 0.0625 e. The quantitative estimate of drug-likeness (QED) is 0.377. The van der Waals surface area contributed by atoms with Crippen LogP contribution in [0.15, 0.2) is 48.5 Å². The van der Waals surface area contributed by atoms with Crippen molar-refractivity contribution in [1.29, 1.82) is 0 Å². The van der Waals surface area contributed by atoms with Crippen LogP contribution in [0.1, 0.15) is 103 Å². The van der Waals surface area contributed by atoms with Gasteiger partial charge in [-0.3, -0.25) is 0 Å². The molecular formula is C32H47P. The highest BCUT2D eigenvalue weighted by Gasteiger charge is 2.35. The molecule has 0 N–H and O–H groups in total. The summed E-state index contributed by atoms with van der Waals surface area (Å²) in [4.78, 5) is 0. The average molecular weight is 463 g/mol. The molecular weight excluding hydrogens is 415 g/mol. The highest BCUT2D eigenvalue weighted by Crippen LogP contribution is 2.47. The van der Waals surface area contributed by atoms with Crippen LogP contribution in [0.5, 0.6) is 0 Å². The van der Waals surface area contributed by atoms with Crippen LogP contribution in [-0.4, -0.2) is 0 Å². The molecule has 0 aromatic heterocycles. The van der Waals surface area contributed by atoms with E-state index in [4.69, 9.17) is 0 Å². The Kier molecular flexibility index (Phi) is 8.38. The molecule has 2 aromatic rings. The van der Waals surface area contributed by atoms with Gasteiger partial charge in [0.05, 0.1) is 0 Å². The molecule has 0 heterocycles. The Morgan fingerprint density at radius 3 is 1.88 bits per heavy atom. The fourth-order valence-electron chi connectivity index (χ4n) is 7.05. The minimum Gasteiger partial charge on any atom is -0.0625 e. The van der Waals surface area contributed by atoms with Gasteiger partial charge in [0, 0.05) is 0 Å². The number of rotatable bonds is 6. The van der Waals surface area contributed by atoms with Crippen molar-refractivity contribution in [3.05, 3.63) is 59.7 Å². The normalized spacial score (nSPS) is 31.0. The van der Waals surface area contributed by atoms with E-state index < -0.39 is 0 Å². The van der Waals surface area contributed by atoms with Gasteiger partial charge in [-0.15, -0.1) is 0 Å². The molecule has 0 nitrogen and oxygen atoms in total. The topological polar surface area (TPSA) is 0 Å². The first kappa shape index (κ1) is 25.0. The van der Waals surface area contributed by atoms with Crippen LogP contribution in [-0.2, 0) is 0 Å². The maximum Gasteiger partial charge on any atom is -0.0122 e. The lowest BCUT2D eigenvalue weighted by atomic mass is 9.65. The molecule has 2 saturated carbocycles. The molecule has 2 aliphatic carbocycles. The number of hydrogen-bond donors (Lipinski definition) is 0. The zero-order valence-electron chi connectivity index (χ0n) is 22.0. The van der Waals surface area contributed by atoms with Gasteiger partial charge in [-0.05, 0) is 94.8 Å². The molecule has 0 radical (unpaired) electrons. The Morgan fingerprint density at radius 1 is 0.697 bits per heavy atom. The summed E-state index contributed by atoms with van der Waals surface area (Å²) in [5.41, 5.74) is 3.36. The lowest BCUT2D eigenvalue weighted by Gasteiger charge is -2.40. The lowest BCUT2D eigenvalue weighted by molar-refractivity contribution is 0.193. The van der Waals surface area contributed by atoms with Crippen LogP contribution in [0, 0.1) is 35.5 Å². The summed E-state index contributed by atoms with van der Waals surface area (Å²) in [5, 5.41) is 3.09. The van der Waals surface area contributed by atoms with Crippen molar-refractivity contribution >= 4 is 19.2 Å². The minimum absolute atomic E-state index is 0.721. The smallest absolute Gasteiger partial charge is 0.0122 e. The molecule has 0 bridgehead atoms. The molecule has 1 heteroatoms. The van der Waals surface area contributed by atoms with Crippen LogP contribution in [0.4, 0.5) is 0 Å². The molecule has 0 saturated heterocycles. The Morgan fingerprint density at radius 2 is 1.27 bits per heavy atom. The zero-order chi connectivity index (χ0) is 23.5. The predicted octanol–water partition coefficient (Wildman–Crippen LogP) is 8.67. The summed E-state index contributed by atoms with van der Waals surface area (Å²) in [6.45, 7) is 14.8. The van der Waals surface area contributed by atoms with E-state index in [1.807, 2.05) is 0 Å². The van der Waals surface area contributed by atoms with Crippen LogP contribution in [0.25, 0.3) is 0 Å². The molecule has 2 aliphatic rings. The van der Waals surface area contributed by atoms with Crippen molar-refractivity contribution in [3.8, 4) is 0 Å². The highest BCUT2D eigenvalue weighted by atomic mass is 31.1. The van der Waals surface area contributed by atoms with Gasteiger partial charge in [0.2, 0.25) is 0 Å². The van der Waals surface area contributed by atoms with E-state index >= 15 is 0 Å². The summed E-state index contributed by atoms with van der Waals surface area (Å²) >= 11 is 0. The van der Waals surface area contributed by atoms with Crippen molar-refractivity contribution < 1.29 is 0 Å². The average Bonchev–Trinajstić information content (AvgIpc) is 2.79. The van der Waals surface area contributed by atoms with E-state index in [0.717, 1.165) is 55.9 Å². The van der Waals surface area contributed by atoms with Crippen molar-refractivity contribution in [2.45, 2.75) is 91.9 Å². The molecule has 7 unspecified atom stereocenters. The zero-order valence-corrected chi connectivity index (χ0v) is 23.0. The molecule has 2 fully saturated rings. The molecule has 0 amide bonds. The molecule has 180 valence electrons. The second-order valence-electron chi connectivity index (χ2n) is 12.2. The summed E-state index contributed by atoms with van der Waals surface area (Å²) in [5.74, 6) is 6.35. The Balaban J connectivity index is 1.76. The minimum atomic E-state index is 0.721. The van der Waals surface area contributed by atoms with Crippen molar-refractivity contribution in [2.75, 3.05) is 0 Å². The fraction of sp³-hybridized carbons (Fsp3) is 0.625. The third-order valence-electron chi connectivity index (χ3n) is 9.00. The predicted molar refractivity (Wildman–Crippen MR) is 149 cm³/mol. The summed E-state index contributed by atoms with van der Waals surface area (Å²) in [6, 6.07) is 19.0. The van der Waals surface area contributed by atoms with E-state index in [1.165, 1.54) is 43.8 Å². The summed E-state index contributed by atoms with van der Waals surface area (Å²) < 4.78 is 0. The van der Waals surface area contributed by atoms with Gasteiger partial charge in [-0.1, -0.05) is 111 Å². The summed E-state index contributed by atoms with van der Waals surface area (Å²) in [6.07, 6.45) is 8.36. The van der Waals surface area contributed by atoms with E-state index in [9.17, 15) is 0 Å². The van der Waals surface area contributed by atoms with E-state index in [2.05, 4.69) is 90.1 Å². The third-order valence-corrected chi connectivity index (χ3v) is 10.3. The van der Waals surface area contributed by atoms with Gasteiger partial charge in [-0.25, -0.2) is 0 Å². The first-order chi connectivity index (χ1) is 15.8. The second kappa shape index (κ2) is 11.1. The Labute approximate surface area is 206 Å². The van der Waals surface area contributed by atoms with Gasteiger partial charge in [0.15, 0.2) is 0 Å². The number of benzene rings is 2.